The van der Waals surface area contributed by atoms with Gasteiger partial charge in [0.15, 0.2) is 0 Å². The Morgan fingerprint density at radius 3 is 2.92 bits per heavy atom. The monoisotopic (exact) mass is 163 g/mol. The van der Waals surface area contributed by atoms with Gasteiger partial charge in [-0.2, -0.15) is 10.2 Å². The maximum absolute atomic E-state index is 8.40. The van der Waals surface area contributed by atoms with Gasteiger partial charge < -0.3 is 4.74 Å². The van der Waals surface area contributed by atoms with Crippen molar-refractivity contribution in [1.29, 1.82) is 5.26 Å². The van der Waals surface area contributed by atoms with Crippen LogP contribution in [0.3, 0.4) is 0 Å². The van der Waals surface area contributed by atoms with Gasteiger partial charge in [0, 0.05) is 11.8 Å². The highest BCUT2D eigenvalue weighted by molar-refractivity contribution is 5.16. The summed E-state index contributed by atoms with van der Waals surface area (Å²) in [5.74, 6) is 1.02. The molecule has 0 atom stereocenters. The molecule has 4 heteroatoms. The normalized spacial score (nSPS) is 9.08. The molecule has 0 radical (unpaired) electrons. The van der Waals surface area contributed by atoms with Crippen molar-refractivity contribution in [2.45, 2.75) is 13.3 Å². The van der Waals surface area contributed by atoms with E-state index >= 15 is 0 Å². The zero-order valence-electron chi connectivity index (χ0n) is 7.03. The van der Waals surface area contributed by atoms with Crippen LogP contribution in [0.2, 0.25) is 0 Å². The fourth-order valence-corrected chi connectivity index (χ4v) is 0.853. The SMILES string of the molecule is COc1cc(C)nc(CC#N)n1. The van der Waals surface area contributed by atoms with Crippen LogP contribution in [0.4, 0.5) is 0 Å². The summed E-state index contributed by atoms with van der Waals surface area (Å²) in [7, 11) is 1.54. The van der Waals surface area contributed by atoms with E-state index in [4.69, 9.17) is 10.00 Å². The first-order valence-corrected chi connectivity index (χ1v) is 3.51. The lowest BCUT2D eigenvalue weighted by molar-refractivity contribution is 0.394. The van der Waals surface area contributed by atoms with Crippen LogP contribution in [0.1, 0.15) is 11.5 Å². The van der Waals surface area contributed by atoms with Gasteiger partial charge >= 0.3 is 0 Å². The molecule has 0 aliphatic heterocycles. The summed E-state index contributed by atoms with van der Waals surface area (Å²) < 4.78 is 4.92. The van der Waals surface area contributed by atoms with E-state index < -0.39 is 0 Å². The maximum atomic E-state index is 8.40. The second-order valence-corrected chi connectivity index (χ2v) is 2.30. The Morgan fingerprint density at radius 2 is 2.33 bits per heavy atom. The number of methoxy groups -OCH3 is 1. The largest absolute Gasteiger partial charge is 0.481 e. The minimum atomic E-state index is 0.220. The number of nitrogens with zero attached hydrogens (tertiary/aromatic N) is 3. The molecule has 1 heterocycles. The number of nitriles is 1. The van der Waals surface area contributed by atoms with E-state index in [-0.39, 0.29) is 6.42 Å². The Balaban J connectivity index is 2.99. The summed E-state index contributed by atoms with van der Waals surface area (Å²) in [5, 5.41) is 8.40. The van der Waals surface area contributed by atoms with Crippen LogP contribution in [-0.2, 0) is 6.42 Å². The van der Waals surface area contributed by atoms with Crippen molar-refractivity contribution < 1.29 is 4.74 Å². The van der Waals surface area contributed by atoms with Crippen molar-refractivity contribution in [3.8, 4) is 11.9 Å². The molecule has 0 aromatic carbocycles. The molecule has 1 rings (SSSR count). The van der Waals surface area contributed by atoms with Gasteiger partial charge in [-0.3, -0.25) is 0 Å². The molecule has 0 unspecified atom stereocenters. The smallest absolute Gasteiger partial charge is 0.216 e. The third-order valence-corrected chi connectivity index (χ3v) is 1.32. The zero-order valence-corrected chi connectivity index (χ0v) is 7.03. The van der Waals surface area contributed by atoms with E-state index in [1.54, 1.807) is 6.07 Å². The number of hydrogen-bond donors (Lipinski definition) is 0. The molecule has 12 heavy (non-hydrogen) atoms. The van der Waals surface area contributed by atoms with E-state index in [9.17, 15) is 0 Å². The Bertz CT molecular complexity index is 317. The number of hydrogen-bond acceptors (Lipinski definition) is 4. The summed E-state index contributed by atoms with van der Waals surface area (Å²) in [6.07, 6.45) is 0.220. The molecule has 0 bridgehead atoms. The van der Waals surface area contributed by atoms with Crippen LogP contribution < -0.4 is 4.74 Å². The predicted molar refractivity (Wildman–Crippen MR) is 42.6 cm³/mol. The minimum Gasteiger partial charge on any atom is -0.481 e. The third kappa shape index (κ3) is 1.92. The molecule has 0 fully saturated rings. The molecule has 0 saturated carbocycles. The van der Waals surface area contributed by atoms with Gasteiger partial charge in [0.1, 0.15) is 5.82 Å². The van der Waals surface area contributed by atoms with Crippen molar-refractivity contribution in [3.63, 3.8) is 0 Å². The molecule has 0 spiro atoms. The third-order valence-electron chi connectivity index (χ3n) is 1.32. The Kier molecular flexibility index (Phi) is 2.59. The lowest BCUT2D eigenvalue weighted by Gasteiger charge is -2.01. The van der Waals surface area contributed by atoms with E-state index in [1.165, 1.54) is 7.11 Å². The molecule has 62 valence electrons. The fraction of sp³-hybridized carbons (Fsp3) is 0.375. The second-order valence-electron chi connectivity index (χ2n) is 2.30. The van der Waals surface area contributed by atoms with Gasteiger partial charge in [0.25, 0.3) is 0 Å². The lowest BCUT2D eigenvalue weighted by atomic mass is 10.4. The average molecular weight is 163 g/mol. The van der Waals surface area contributed by atoms with E-state index in [0.29, 0.717) is 11.7 Å². The summed E-state index contributed by atoms with van der Waals surface area (Å²) >= 11 is 0. The first-order chi connectivity index (χ1) is 5.76. The average Bonchev–Trinajstić information content (AvgIpc) is 2.04. The highest BCUT2D eigenvalue weighted by atomic mass is 16.5. The molecule has 0 aliphatic rings. The maximum Gasteiger partial charge on any atom is 0.216 e. The first kappa shape index (κ1) is 8.47. The van der Waals surface area contributed by atoms with Crippen molar-refractivity contribution in [2.75, 3.05) is 7.11 Å². The topological polar surface area (TPSA) is 58.8 Å². The van der Waals surface area contributed by atoms with Crippen LogP contribution in [0.15, 0.2) is 6.07 Å². The molecule has 1 aromatic heterocycles. The molecule has 4 nitrogen and oxygen atoms in total. The Labute approximate surface area is 70.8 Å². The van der Waals surface area contributed by atoms with Crippen molar-refractivity contribution >= 4 is 0 Å². The second kappa shape index (κ2) is 3.67. The number of aryl methyl sites for hydroxylation is 1. The molecule has 0 amide bonds. The first-order valence-electron chi connectivity index (χ1n) is 3.51. The van der Waals surface area contributed by atoms with Crippen molar-refractivity contribution in [2.24, 2.45) is 0 Å². The van der Waals surface area contributed by atoms with Crippen molar-refractivity contribution in [1.82, 2.24) is 9.97 Å². The highest BCUT2D eigenvalue weighted by Gasteiger charge is 2.00. The predicted octanol–water partition coefficient (Wildman–Crippen LogP) is 0.860. The van der Waals surface area contributed by atoms with Gasteiger partial charge in [0.05, 0.1) is 19.6 Å². The molecular formula is C8H9N3O. The Morgan fingerprint density at radius 1 is 1.58 bits per heavy atom. The van der Waals surface area contributed by atoms with Gasteiger partial charge in [-0.15, -0.1) is 0 Å². The molecule has 1 aromatic rings. The van der Waals surface area contributed by atoms with Crippen LogP contribution in [0.5, 0.6) is 5.88 Å². The molecule has 0 N–H and O–H groups in total. The van der Waals surface area contributed by atoms with Crippen LogP contribution >= 0.6 is 0 Å². The fourth-order valence-electron chi connectivity index (χ4n) is 0.853. The molecular weight excluding hydrogens is 154 g/mol. The van der Waals surface area contributed by atoms with Gasteiger partial charge in [-0.05, 0) is 6.92 Å². The number of rotatable bonds is 2. The highest BCUT2D eigenvalue weighted by Crippen LogP contribution is 2.07. The van der Waals surface area contributed by atoms with E-state index in [1.807, 2.05) is 13.0 Å². The summed E-state index contributed by atoms with van der Waals surface area (Å²) in [6, 6.07) is 3.71. The summed E-state index contributed by atoms with van der Waals surface area (Å²) in [6.45, 7) is 1.84. The number of ether oxygens (including phenoxy) is 1. The number of aromatic nitrogens is 2. The van der Waals surface area contributed by atoms with Crippen LogP contribution in [-0.4, -0.2) is 17.1 Å². The summed E-state index contributed by atoms with van der Waals surface area (Å²) in [5.41, 5.74) is 0.812. The summed E-state index contributed by atoms with van der Waals surface area (Å²) in [4.78, 5) is 8.04. The van der Waals surface area contributed by atoms with Gasteiger partial charge in [0.2, 0.25) is 5.88 Å². The Hall–Kier alpha value is -1.63. The van der Waals surface area contributed by atoms with E-state index in [0.717, 1.165) is 5.69 Å². The van der Waals surface area contributed by atoms with Crippen LogP contribution in [0, 0.1) is 18.3 Å². The van der Waals surface area contributed by atoms with Gasteiger partial charge in [-0.1, -0.05) is 0 Å². The lowest BCUT2D eigenvalue weighted by Crippen LogP contribution is -1.98. The van der Waals surface area contributed by atoms with E-state index in [2.05, 4.69) is 9.97 Å². The van der Waals surface area contributed by atoms with Crippen LogP contribution in [0.25, 0.3) is 0 Å². The standard InChI is InChI=1S/C8H9N3O/c1-6-5-8(12-2)11-7(10-6)3-4-9/h5H,3H2,1-2H3. The van der Waals surface area contributed by atoms with Crippen molar-refractivity contribution in [3.05, 3.63) is 17.6 Å². The minimum absolute atomic E-state index is 0.220. The van der Waals surface area contributed by atoms with Gasteiger partial charge in [-0.25, -0.2) is 4.98 Å². The molecule has 0 saturated heterocycles. The quantitative estimate of drug-likeness (QED) is 0.648. The molecule has 0 aliphatic carbocycles. The zero-order chi connectivity index (χ0) is 8.97.